The predicted molar refractivity (Wildman–Crippen MR) is 105 cm³/mol. The van der Waals surface area contributed by atoms with Crippen molar-refractivity contribution in [2.45, 2.75) is 13.8 Å². The lowest BCUT2D eigenvalue weighted by Gasteiger charge is -2.36. The standard InChI is InChI=1S/C21H24N4O/c1-15-8-9-18(16(2)14-15)24-10-12-25(13-11-24)21(26)20-17-6-4-5-7-19(17)23(3)22-20/h4-9,14H,10-13H2,1-3H3. The number of anilines is 1. The summed E-state index contributed by atoms with van der Waals surface area (Å²) in [5, 5.41) is 5.41. The highest BCUT2D eigenvalue weighted by Crippen LogP contribution is 2.24. The summed E-state index contributed by atoms with van der Waals surface area (Å²) in [5.74, 6) is 0.0297. The molecule has 0 radical (unpaired) electrons. The first-order valence-electron chi connectivity index (χ1n) is 9.08. The van der Waals surface area contributed by atoms with Crippen molar-refractivity contribution in [3.63, 3.8) is 0 Å². The van der Waals surface area contributed by atoms with E-state index < -0.39 is 0 Å². The summed E-state index contributed by atoms with van der Waals surface area (Å²) in [6.45, 7) is 7.40. The molecule has 4 rings (SSSR count). The summed E-state index contributed by atoms with van der Waals surface area (Å²) in [5.41, 5.74) is 5.39. The molecule has 134 valence electrons. The van der Waals surface area contributed by atoms with Crippen molar-refractivity contribution in [1.82, 2.24) is 14.7 Å². The molecule has 0 atom stereocenters. The fourth-order valence-electron chi connectivity index (χ4n) is 3.83. The Kier molecular flexibility index (Phi) is 4.15. The van der Waals surface area contributed by atoms with E-state index in [0.29, 0.717) is 5.69 Å². The first-order valence-corrected chi connectivity index (χ1v) is 9.08. The molecule has 0 N–H and O–H groups in total. The number of carbonyl (C=O) groups excluding carboxylic acids is 1. The van der Waals surface area contributed by atoms with Crippen molar-refractivity contribution in [1.29, 1.82) is 0 Å². The largest absolute Gasteiger partial charge is 0.368 e. The van der Waals surface area contributed by atoms with Gasteiger partial charge in [0.05, 0.1) is 5.52 Å². The van der Waals surface area contributed by atoms with Gasteiger partial charge in [0.1, 0.15) is 0 Å². The van der Waals surface area contributed by atoms with E-state index in [9.17, 15) is 4.79 Å². The lowest BCUT2D eigenvalue weighted by molar-refractivity contribution is 0.0742. The van der Waals surface area contributed by atoms with Crippen molar-refractivity contribution < 1.29 is 4.79 Å². The quantitative estimate of drug-likeness (QED) is 0.714. The van der Waals surface area contributed by atoms with Crippen LogP contribution in [0.2, 0.25) is 0 Å². The van der Waals surface area contributed by atoms with Crippen molar-refractivity contribution >= 4 is 22.5 Å². The van der Waals surface area contributed by atoms with E-state index in [1.807, 2.05) is 36.2 Å². The number of rotatable bonds is 2. The number of hydrogen-bond donors (Lipinski definition) is 0. The Balaban J connectivity index is 1.51. The smallest absolute Gasteiger partial charge is 0.275 e. The van der Waals surface area contributed by atoms with Gasteiger partial charge in [-0.15, -0.1) is 0 Å². The van der Waals surface area contributed by atoms with Crippen LogP contribution in [-0.4, -0.2) is 46.8 Å². The minimum atomic E-state index is 0.0297. The normalized spacial score (nSPS) is 14.9. The van der Waals surface area contributed by atoms with E-state index in [1.165, 1.54) is 16.8 Å². The van der Waals surface area contributed by atoms with E-state index in [0.717, 1.165) is 37.1 Å². The molecular weight excluding hydrogens is 324 g/mol. The molecule has 1 aliphatic heterocycles. The summed E-state index contributed by atoms with van der Waals surface area (Å²) < 4.78 is 1.79. The minimum Gasteiger partial charge on any atom is -0.368 e. The van der Waals surface area contributed by atoms with Gasteiger partial charge in [-0.3, -0.25) is 9.48 Å². The minimum absolute atomic E-state index is 0.0297. The van der Waals surface area contributed by atoms with E-state index in [-0.39, 0.29) is 5.91 Å². The average molecular weight is 348 g/mol. The summed E-state index contributed by atoms with van der Waals surface area (Å²) in [6.07, 6.45) is 0. The molecule has 2 heterocycles. The maximum Gasteiger partial charge on any atom is 0.275 e. The van der Waals surface area contributed by atoms with Crippen LogP contribution in [0, 0.1) is 13.8 Å². The van der Waals surface area contributed by atoms with Crippen LogP contribution >= 0.6 is 0 Å². The van der Waals surface area contributed by atoms with Gasteiger partial charge in [-0.05, 0) is 31.5 Å². The van der Waals surface area contributed by atoms with E-state index in [2.05, 4.69) is 42.0 Å². The second-order valence-corrected chi connectivity index (χ2v) is 7.06. The molecule has 0 unspecified atom stereocenters. The first-order chi connectivity index (χ1) is 12.5. The number of carbonyl (C=O) groups is 1. The molecular formula is C21H24N4O. The maximum absolute atomic E-state index is 13.0. The number of aromatic nitrogens is 2. The highest BCUT2D eigenvalue weighted by molar-refractivity contribution is 6.04. The third-order valence-electron chi connectivity index (χ3n) is 5.22. The summed E-state index contributed by atoms with van der Waals surface area (Å²) in [7, 11) is 1.89. The molecule has 3 aromatic rings. The maximum atomic E-state index is 13.0. The third-order valence-corrected chi connectivity index (χ3v) is 5.22. The SMILES string of the molecule is Cc1ccc(N2CCN(C(=O)c3nn(C)c4ccccc34)CC2)c(C)c1. The van der Waals surface area contributed by atoms with Crippen LogP contribution in [0.3, 0.4) is 0 Å². The van der Waals surface area contributed by atoms with E-state index in [1.54, 1.807) is 4.68 Å². The van der Waals surface area contributed by atoms with Crippen molar-refractivity contribution in [2.24, 2.45) is 7.05 Å². The molecule has 1 saturated heterocycles. The molecule has 0 spiro atoms. The zero-order valence-electron chi connectivity index (χ0n) is 15.6. The number of hydrogen-bond acceptors (Lipinski definition) is 3. The van der Waals surface area contributed by atoms with Crippen LogP contribution in [0.15, 0.2) is 42.5 Å². The molecule has 5 heteroatoms. The predicted octanol–water partition coefficient (Wildman–Crippen LogP) is 3.15. The fourth-order valence-corrected chi connectivity index (χ4v) is 3.83. The van der Waals surface area contributed by atoms with Gasteiger partial charge in [-0.1, -0.05) is 35.9 Å². The summed E-state index contributed by atoms with van der Waals surface area (Å²) in [4.78, 5) is 17.3. The highest BCUT2D eigenvalue weighted by atomic mass is 16.2. The van der Waals surface area contributed by atoms with E-state index in [4.69, 9.17) is 0 Å². The lowest BCUT2D eigenvalue weighted by atomic mass is 10.1. The molecule has 0 saturated carbocycles. The molecule has 0 bridgehead atoms. The van der Waals surface area contributed by atoms with Crippen molar-refractivity contribution in [3.05, 3.63) is 59.3 Å². The molecule has 1 fully saturated rings. The number of para-hydroxylation sites is 1. The Hall–Kier alpha value is -2.82. The van der Waals surface area contributed by atoms with Crippen LogP contribution in [0.4, 0.5) is 5.69 Å². The van der Waals surface area contributed by atoms with Gasteiger partial charge < -0.3 is 9.80 Å². The zero-order chi connectivity index (χ0) is 18.3. The van der Waals surface area contributed by atoms with Crippen molar-refractivity contribution in [2.75, 3.05) is 31.1 Å². The van der Waals surface area contributed by atoms with Crippen LogP contribution in [0.25, 0.3) is 10.9 Å². The third kappa shape index (κ3) is 2.83. The second-order valence-electron chi connectivity index (χ2n) is 7.06. The first kappa shape index (κ1) is 16.6. The molecule has 1 amide bonds. The van der Waals surface area contributed by atoms with Crippen LogP contribution in [-0.2, 0) is 7.05 Å². The van der Waals surface area contributed by atoms with Gasteiger partial charge in [-0.2, -0.15) is 5.10 Å². The molecule has 1 aliphatic rings. The Morgan fingerprint density at radius 2 is 1.73 bits per heavy atom. The summed E-state index contributed by atoms with van der Waals surface area (Å²) in [6, 6.07) is 14.5. The average Bonchev–Trinajstić information content (AvgIpc) is 2.99. The van der Waals surface area contributed by atoms with Gasteiger partial charge in [0.2, 0.25) is 0 Å². The number of piperazine rings is 1. The highest BCUT2D eigenvalue weighted by Gasteiger charge is 2.26. The van der Waals surface area contributed by atoms with Crippen LogP contribution in [0.5, 0.6) is 0 Å². The Morgan fingerprint density at radius 3 is 2.46 bits per heavy atom. The Morgan fingerprint density at radius 1 is 1.00 bits per heavy atom. The number of aryl methyl sites for hydroxylation is 3. The van der Waals surface area contributed by atoms with Gasteiger partial charge >= 0.3 is 0 Å². The zero-order valence-corrected chi connectivity index (χ0v) is 15.6. The number of fused-ring (bicyclic) bond motifs is 1. The molecule has 5 nitrogen and oxygen atoms in total. The van der Waals surface area contributed by atoms with Crippen molar-refractivity contribution in [3.8, 4) is 0 Å². The fraction of sp³-hybridized carbons (Fsp3) is 0.333. The Labute approximate surface area is 153 Å². The topological polar surface area (TPSA) is 41.4 Å². The monoisotopic (exact) mass is 348 g/mol. The second kappa shape index (κ2) is 6.48. The number of benzene rings is 2. The van der Waals surface area contributed by atoms with Gasteiger partial charge in [0.15, 0.2) is 5.69 Å². The molecule has 2 aromatic carbocycles. The number of nitrogens with zero attached hydrogens (tertiary/aromatic N) is 4. The molecule has 0 aliphatic carbocycles. The molecule has 26 heavy (non-hydrogen) atoms. The molecule has 1 aromatic heterocycles. The van der Waals surface area contributed by atoms with Gasteiger partial charge in [-0.25, -0.2) is 0 Å². The van der Waals surface area contributed by atoms with Gasteiger partial charge in [0, 0.05) is 44.3 Å². The van der Waals surface area contributed by atoms with E-state index >= 15 is 0 Å². The number of amides is 1. The summed E-state index contributed by atoms with van der Waals surface area (Å²) >= 11 is 0. The van der Waals surface area contributed by atoms with Crippen LogP contribution in [0.1, 0.15) is 21.6 Å². The lowest BCUT2D eigenvalue weighted by Crippen LogP contribution is -2.49. The Bertz CT molecular complexity index is 967. The van der Waals surface area contributed by atoms with Gasteiger partial charge in [0.25, 0.3) is 5.91 Å². The van der Waals surface area contributed by atoms with Crippen LogP contribution < -0.4 is 4.90 Å².